The van der Waals surface area contributed by atoms with Crippen molar-refractivity contribution < 1.29 is 0 Å². The van der Waals surface area contributed by atoms with Gasteiger partial charge in [0, 0.05) is 6.20 Å². The van der Waals surface area contributed by atoms with E-state index in [4.69, 9.17) is 5.73 Å². The summed E-state index contributed by atoms with van der Waals surface area (Å²) in [5, 5.41) is 1.72. The van der Waals surface area contributed by atoms with E-state index in [1.165, 1.54) is 0 Å². The molecule has 2 heteroatoms. The third-order valence-electron chi connectivity index (χ3n) is 1.58. The maximum atomic E-state index is 5.51. The van der Waals surface area contributed by atoms with Gasteiger partial charge in [-0.05, 0) is 22.9 Å². The number of nitrogen functional groups attached to an aromatic ring is 1. The predicted octanol–water partition coefficient (Wildman–Crippen LogP) is -0.207. The van der Waals surface area contributed by atoms with Crippen molar-refractivity contribution in [3.8, 4) is 0 Å². The Labute approximate surface area is 59.7 Å². The Morgan fingerprint density at radius 2 is 2.10 bits per heavy atom. The van der Waals surface area contributed by atoms with E-state index in [0.717, 1.165) is 16.0 Å². The lowest BCUT2D eigenvalue weighted by Crippen LogP contribution is -2.26. The molecule has 0 bridgehead atoms. The molecule has 0 aliphatic carbocycles. The number of aromatic nitrogens is 1. The fourth-order valence-electron chi connectivity index (χ4n) is 0.718. The highest BCUT2D eigenvalue weighted by Crippen LogP contribution is 1.93. The molecule has 1 aromatic heterocycles. The van der Waals surface area contributed by atoms with E-state index in [-0.39, 0.29) is 0 Å². The molecule has 0 unspecified atom stereocenters. The molecule has 1 heterocycles. The lowest BCUT2D eigenvalue weighted by Gasteiger charge is -1.96. The van der Waals surface area contributed by atoms with Crippen LogP contribution in [0, 0.1) is 6.92 Å². The fourth-order valence-corrected chi connectivity index (χ4v) is 0.718. The topological polar surface area (TPSA) is 38.9 Å². The Balaban J connectivity index is 3.66. The molecule has 1 rings (SSSR count). The molecule has 0 atom stereocenters. The van der Waals surface area contributed by atoms with E-state index >= 15 is 0 Å². The maximum Gasteiger partial charge on any atom is 0.126 e. The number of hydrogen-bond donors (Lipinski definition) is 1. The number of anilines is 1. The summed E-state index contributed by atoms with van der Waals surface area (Å²) in [6.45, 7) is 9.43. The van der Waals surface area contributed by atoms with Gasteiger partial charge in [0.25, 0.3) is 0 Å². The molecule has 0 saturated carbocycles. The Hall–Kier alpha value is -1.31. The highest BCUT2D eigenvalue weighted by atomic mass is 14.8. The number of hydrogen-bond acceptors (Lipinski definition) is 2. The summed E-state index contributed by atoms with van der Waals surface area (Å²) in [6.07, 6.45) is 1.63. The fraction of sp³-hybridized carbons (Fsp3) is 0.125. The van der Waals surface area contributed by atoms with Crippen molar-refractivity contribution in [1.82, 2.24) is 4.98 Å². The van der Waals surface area contributed by atoms with Crippen molar-refractivity contribution >= 4 is 19.0 Å². The van der Waals surface area contributed by atoms with E-state index in [1.807, 2.05) is 6.92 Å². The van der Waals surface area contributed by atoms with Gasteiger partial charge in [-0.1, -0.05) is 13.2 Å². The van der Waals surface area contributed by atoms with Crippen molar-refractivity contribution in [2.45, 2.75) is 6.92 Å². The number of rotatable bonds is 0. The molecule has 0 fully saturated rings. The smallest absolute Gasteiger partial charge is 0.126 e. The Bertz CT molecular complexity index is 341. The first-order chi connectivity index (χ1) is 4.63. The van der Waals surface area contributed by atoms with Crippen LogP contribution in [0.5, 0.6) is 0 Å². The molecule has 10 heavy (non-hydrogen) atoms. The average molecular weight is 134 g/mol. The molecule has 1 aromatic rings. The highest BCUT2D eigenvalue weighted by Gasteiger charge is 1.92. The van der Waals surface area contributed by atoms with Crippen LogP contribution in [-0.2, 0) is 0 Å². The monoisotopic (exact) mass is 134 g/mol. The van der Waals surface area contributed by atoms with Gasteiger partial charge in [0.1, 0.15) is 5.82 Å². The van der Waals surface area contributed by atoms with Gasteiger partial charge in [-0.3, -0.25) is 0 Å². The molecular weight excluding hydrogens is 124 g/mol. The zero-order valence-corrected chi connectivity index (χ0v) is 6.02. The summed E-state index contributed by atoms with van der Waals surface area (Å²) in [6, 6.07) is 0. The van der Waals surface area contributed by atoms with Crippen LogP contribution in [0.2, 0.25) is 0 Å². The summed E-state index contributed by atoms with van der Waals surface area (Å²) in [4.78, 5) is 3.91. The minimum atomic E-state index is 0.539. The molecule has 2 N–H and O–H groups in total. The minimum absolute atomic E-state index is 0.539. The highest BCUT2D eigenvalue weighted by molar-refractivity contribution is 5.40. The maximum absolute atomic E-state index is 5.51. The summed E-state index contributed by atoms with van der Waals surface area (Å²) < 4.78 is 0. The van der Waals surface area contributed by atoms with Crippen LogP contribution in [0.25, 0.3) is 13.2 Å². The first kappa shape index (κ1) is 6.81. The average Bonchev–Trinajstić information content (AvgIpc) is 1.93. The lowest BCUT2D eigenvalue weighted by molar-refractivity contribution is 1.23. The first-order valence-electron chi connectivity index (χ1n) is 3.02. The molecule has 0 aliphatic rings. The SMILES string of the molecule is C=c1cnc(N)c(C)c1=C. The third-order valence-corrected chi connectivity index (χ3v) is 1.58. The van der Waals surface area contributed by atoms with Gasteiger partial charge in [0.05, 0.1) is 0 Å². The molecule has 0 aliphatic heterocycles. The van der Waals surface area contributed by atoms with Crippen molar-refractivity contribution in [3.05, 3.63) is 22.2 Å². The molecule has 0 radical (unpaired) electrons. The van der Waals surface area contributed by atoms with Crippen molar-refractivity contribution in [2.75, 3.05) is 5.73 Å². The van der Waals surface area contributed by atoms with Crippen LogP contribution in [-0.4, -0.2) is 4.98 Å². The molecular formula is C8H10N2. The molecule has 0 saturated heterocycles. The molecule has 0 amide bonds. The van der Waals surface area contributed by atoms with Crippen molar-refractivity contribution in [3.63, 3.8) is 0 Å². The van der Waals surface area contributed by atoms with E-state index in [0.29, 0.717) is 5.82 Å². The molecule has 0 spiro atoms. The zero-order chi connectivity index (χ0) is 7.72. The normalized spacial score (nSPS) is 9.70. The van der Waals surface area contributed by atoms with E-state index in [2.05, 4.69) is 18.1 Å². The van der Waals surface area contributed by atoms with Crippen molar-refractivity contribution in [2.24, 2.45) is 0 Å². The number of pyridine rings is 1. The Morgan fingerprint density at radius 3 is 2.60 bits per heavy atom. The van der Waals surface area contributed by atoms with Gasteiger partial charge in [-0.15, -0.1) is 0 Å². The molecule has 2 nitrogen and oxygen atoms in total. The standard InChI is InChI=1S/C8H10N2/c1-5-4-10-8(9)7(3)6(5)2/h4H,1-2,9H2,3H3. The predicted molar refractivity (Wildman–Crippen MR) is 43.7 cm³/mol. The van der Waals surface area contributed by atoms with Gasteiger partial charge < -0.3 is 5.73 Å². The van der Waals surface area contributed by atoms with Gasteiger partial charge in [-0.2, -0.15) is 0 Å². The second kappa shape index (κ2) is 2.14. The van der Waals surface area contributed by atoms with Crippen LogP contribution in [0.1, 0.15) is 5.56 Å². The molecule has 52 valence electrons. The second-order valence-electron chi connectivity index (χ2n) is 2.27. The van der Waals surface area contributed by atoms with Gasteiger partial charge in [0.15, 0.2) is 0 Å². The van der Waals surface area contributed by atoms with E-state index in [9.17, 15) is 0 Å². The van der Waals surface area contributed by atoms with Crippen LogP contribution in [0.15, 0.2) is 6.20 Å². The minimum Gasteiger partial charge on any atom is -0.383 e. The van der Waals surface area contributed by atoms with Crippen LogP contribution >= 0.6 is 0 Å². The van der Waals surface area contributed by atoms with Crippen LogP contribution in [0.3, 0.4) is 0 Å². The largest absolute Gasteiger partial charge is 0.383 e. The van der Waals surface area contributed by atoms with Gasteiger partial charge in [0.2, 0.25) is 0 Å². The van der Waals surface area contributed by atoms with E-state index in [1.54, 1.807) is 6.20 Å². The summed E-state index contributed by atoms with van der Waals surface area (Å²) in [5.74, 6) is 0.539. The van der Waals surface area contributed by atoms with E-state index < -0.39 is 0 Å². The summed E-state index contributed by atoms with van der Waals surface area (Å²) in [7, 11) is 0. The van der Waals surface area contributed by atoms with Gasteiger partial charge in [-0.25, -0.2) is 4.98 Å². The Morgan fingerprint density at radius 1 is 1.50 bits per heavy atom. The first-order valence-corrected chi connectivity index (χ1v) is 3.02. The number of nitrogens with zero attached hydrogens (tertiary/aromatic N) is 1. The summed E-state index contributed by atoms with van der Waals surface area (Å²) >= 11 is 0. The number of nitrogens with two attached hydrogens (primary N) is 1. The second-order valence-corrected chi connectivity index (χ2v) is 2.27. The van der Waals surface area contributed by atoms with Gasteiger partial charge >= 0.3 is 0 Å². The zero-order valence-electron chi connectivity index (χ0n) is 6.02. The van der Waals surface area contributed by atoms with Crippen LogP contribution in [0.4, 0.5) is 5.82 Å². The molecule has 0 aromatic carbocycles. The summed E-state index contributed by atoms with van der Waals surface area (Å²) in [5.41, 5.74) is 6.43. The Kier molecular flexibility index (Phi) is 1.45. The quantitative estimate of drug-likeness (QED) is 0.533. The van der Waals surface area contributed by atoms with Crippen molar-refractivity contribution in [1.29, 1.82) is 0 Å². The lowest BCUT2D eigenvalue weighted by atomic mass is 10.2. The third kappa shape index (κ3) is 0.880. The van der Waals surface area contributed by atoms with Crippen LogP contribution < -0.4 is 16.2 Å².